The minimum atomic E-state index is -0.0880. The first-order valence-electron chi connectivity index (χ1n) is 3.13. The van der Waals surface area contributed by atoms with Gasteiger partial charge in [-0.2, -0.15) is 0 Å². The zero-order chi connectivity index (χ0) is 6.69. The Bertz CT molecular complexity index is 74.4. The SMILES string of the molecule is CO[C@H]1CCO[C@@H]1CO. The molecule has 1 heterocycles. The standard InChI is InChI=1S/C6H12O3/c1-8-5-2-3-9-6(5)4-7/h5-7H,2-4H2,1H3/t5-,6+/m0/s1. The highest BCUT2D eigenvalue weighted by Crippen LogP contribution is 2.14. The molecule has 3 nitrogen and oxygen atoms in total. The van der Waals surface area contributed by atoms with Gasteiger partial charge in [0.05, 0.1) is 12.7 Å². The monoisotopic (exact) mass is 132 g/mol. The van der Waals surface area contributed by atoms with Crippen LogP contribution in [-0.4, -0.2) is 37.6 Å². The summed E-state index contributed by atoms with van der Waals surface area (Å²) >= 11 is 0. The first-order valence-corrected chi connectivity index (χ1v) is 3.13. The van der Waals surface area contributed by atoms with Crippen LogP contribution in [0.25, 0.3) is 0 Å². The normalized spacial score (nSPS) is 35.3. The fourth-order valence-electron chi connectivity index (χ4n) is 1.07. The van der Waals surface area contributed by atoms with Crippen LogP contribution in [0.4, 0.5) is 0 Å². The predicted molar refractivity (Wildman–Crippen MR) is 32.2 cm³/mol. The highest BCUT2D eigenvalue weighted by atomic mass is 16.6. The van der Waals surface area contributed by atoms with Gasteiger partial charge in [-0.25, -0.2) is 0 Å². The summed E-state index contributed by atoms with van der Waals surface area (Å²) in [6.07, 6.45) is 0.923. The van der Waals surface area contributed by atoms with Gasteiger partial charge in [-0.05, 0) is 6.42 Å². The van der Waals surface area contributed by atoms with E-state index in [1.54, 1.807) is 7.11 Å². The quantitative estimate of drug-likeness (QED) is 0.564. The second-order valence-corrected chi connectivity index (χ2v) is 2.15. The van der Waals surface area contributed by atoms with E-state index in [4.69, 9.17) is 14.6 Å². The second-order valence-electron chi connectivity index (χ2n) is 2.15. The first kappa shape index (κ1) is 6.99. The van der Waals surface area contributed by atoms with Crippen LogP contribution in [-0.2, 0) is 9.47 Å². The van der Waals surface area contributed by atoms with Crippen molar-refractivity contribution in [3.8, 4) is 0 Å². The van der Waals surface area contributed by atoms with E-state index in [9.17, 15) is 0 Å². The van der Waals surface area contributed by atoms with Crippen LogP contribution < -0.4 is 0 Å². The third-order valence-electron chi connectivity index (χ3n) is 1.63. The number of ether oxygens (including phenoxy) is 2. The Hall–Kier alpha value is -0.120. The van der Waals surface area contributed by atoms with Crippen molar-refractivity contribution >= 4 is 0 Å². The average Bonchev–Trinajstić information content (AvgIpc) is 2.33. The molecular weight excluding hydrogens is 120 g/mol. The summed E-state index contributed by atoms with van der Waals surface area (Å²) < 4.78 is 10.2. The molecule has 1 N–H and O–H groups in total. The van der Waals surface area contributed by atoms with E-state index in [-0.39, 0.29) is 18.8 Å². The number of hydrogen-bond acceptors (Lipinski definition) is 3. The molecule has 0 aromatic rings. The van der Waals surface area contributed by atoms with Crippen LogP contribution in [0.1, 0.15) is 6.42 Å². The maximum absolute atomic E-state index is 8.66. The average molecular weight is 132 g/mol. The van der Waals surface area contributed by atoms with Gasteiger partial charge in [0, 0.05) is 13.7 Å². The van der Waals surface area contributed by atoms with Crippen LogP contribution in [0.5, 0.6) is 0 Å². The highest BCUT2D eigenvalue weighted by molar-refractivity contribution is 4.75. The summed E-state index contributed by atoms with van der Waals surface area (Å²) in [5, 5.41) is 8.66. The molecule has 0 aromatic carbocycles. The van der Waals surface area contributed by atoms with Gasteiger partial charge >= 0.3 is 0 Å². The Balaban J connectivity index is 2.32. The molecule has 2 atom stereocenters. The van der Waals surface area contributed by atoms with Crippen molar-refractivity contribution in [1.82, 2.24) is 0 Å². The molecule has 0 unspecified atom stereocenters. The van der Waals surface area contributed by atoms with E-state index in [1.807, 2.05) is 0 Å². The molecular formula is C6H12O3. The highest BCUT2D eigenvalue weighted by Gasteiger charge is 2.26. The molecule has 0 spiro atoms. The number of aliphatic hydroxyl groups is 1. The van der Waals surface area contributed by atoms with Crippen LogP contribution >= 0.6 is 0 Å². The molecule has 1 aliphatic heterocycles. The summed E-state index contributed by atoms with van der Waals surface area (Å²) in [5.74, 6) is 0. The largest absolute Gasteiger partial charge is 0.394 e. The zero-order valence-corrected chi connectivity index (χ0v) is 5.54. The van der Waals surface area contributed by atoms with Gasteiger partial charge in [0.2, 0.25) is 0 Å². The topological polar surface area (TPSA) is 38.7 Å². The van der Waals surface area contributed by atoms with Gasteiger partial charge in [0.15, 0.2) is 0 Å². The smallest absolute Gasteiger partial charge is 0.107 e. The van der Waals surface area contributed by atoms with Crippen LogP contribution in [0.3, 0.4) is 0 Å². The van der Waals surface area contributed by atoms with Gasteiger partial charge in [0.25, 0.3) is 0 Å². The van der Waals surface area contributed by atoms with Crippen molar-refractivity contribution in [3.63, 3.8) is 0 Å². The van der Waals surface area contributed by atoms with Gasteiger partial charge in [0.1, 0.15) is 6.10 Å². The molecule has 1 rings (SSSR count). The third kappa shape index (κ3) is 1.41. The van der Waals surface area contributed by atoms with Gasteiger partial charge in [-0.3, -0.25) is 0 Å². The fraction of sp³-hybridized carbons (Fsp3) is 1.00. The summed E-state index contributed by atoms with van der Waals surface area (Å²) in [5.41, 5.74) is 0. The summed E-state index contributed by atoms with van der Waals surface area (Å²) in [6.45, 7) is 0.780. The summed E-state index contributed by atoms with van der Waals surface area (Å²) in [6, 6.07) is 0. The van der Waals surface area contributed by atoms with Gasteiger partial charge < -0.3 is 14.6 Å². The Morgan fingerprint density at radius 3 is 3.00 bits per heavy atom. The lowest BCUT2D eigenvalue weighted by Gasteiger charge is -2.12. The van der Waals surface area contributed by atoms with Crippen molar-refractivity contribution in [3.05, 3.63) is 0 Å². The van der Waals surface area contributed by atoms with Crippen molar-refractivity contribution < 1.29 is 14.6 Å². The van der Waals surface area contributed by atoms with Crippen molar-refractivity contribution in [1.29, 1.82) is 0 Å². The van der Waals surface area contributed by atoms with Crippen LogP contribution in [0, 0.1) is 0 Å². The molecule has 0 amide bonds. The number of hydrogen-bond donors (Lipinski definition) is 1. The first-order chi connectivity index (χ1) is 4.38. The van der Waals surface area contributed by atoms with Crippen LogP contribution in [0.15, 0.2) is 0 Å². The molecule has 0 aliphatic carbocycles. The van der Waals surface area contributed by atoms with Gasteiger partial charge in [-0.15, -0.1) is 0 Å². The maximum Gasteiger partial charge on any atom is 0.107 e. The second kappa shape index (κ2) is 3.15. The van der Waals surface area contributed by atoms with Crippen molar-refractivity contribution in [2.24, 2.45) is 0 Å². The summed E-state index contributed by atoms with van der Waals surface area (Å²) in [7, 11) is 1.64. The maximum atomic E-state index is 8.66. The minimum absolute atomic E-state index is 0.0680. The Labute approximate surface area is 54.6 Å². The lowest BCUT2D eigenvalue weighted by atomic mass is 10.2. The zero-order valence-electron chi connectivity index (χ0n) is 5.54. The molecule has 3 heteroatoms. The van der Waals surface area contributed by atoms with E-state index < -0.39 is 0 Å². The van der Waals surface area contributed by atoms with E-state index >= 15 is 0 Å². The molecule has 0 aromatic heterocycles. The molecule has 0 saturated carbocycles. The van der Waals surface area contributed by atoms with E-state index in [2.05, 4.69) is 0 Å². The summed E-state index contributed by atoms with van der Waals surface area (Å²) in [4.78, 5) is 0. The Kier molecular flexibility index (Phi) is 2.45. The minimum Gasteiger partial charge on any atom is -0.394 e. The molecule has 1 aliphatic rings. The Morgan fingerprint density at radius 2 is 2.56 bits per heavy atom. The van der Waals surface area contributed by atoms with Gasteiger partial charge in [-0.1, -0.05) is 0 Å². The lowest BCUT2D eigenvalue weighted by molar-refractivity contribution is -0.0146. The number of rotatable bonds is 2. The van der Waals surface area contributed by atoms with E-state index in [0.29, 0.717) is 6.61 Å². The Morgan fingerprint density at radius 1 is 1.78 bits per heavy atom. The molecule has 1 fully saturated rings. The van der Waals surface area contributed by atoms with Crippen molar-refractivity contribution in [2.75, 3.05) is 20.3 Å². The predicted octanol–water partition coefficient (Wildman–Crippen LogP) is -0.217. The third-order valence-corrected chi connectivity index (χ3v) is 1.63. The molecule has 0 radical (unpaired) electrons. The van der Waals surface area contributed by atoms with E-state index in [0.717, 1.165) is 6.42 Å². The fourth-order valence-corrected chi connectivity index (χ4v) is 1.07. The van der Waals surface area contributed by atoms with E-state index in [1.165, 1.54) is 0 Å². The number of methoxy groups -OCH3 is 1. The number of aliphatic hydroxyl groups excluding tert-OH is 1. The molecule has 9 heavy (non-hydrogen) atoms. The molecule has 54 valence electrons. The molecule has 0 bridgehead atoms. The van der Waals surface area contributed by atoms with Crippen LogP contribution in [0.2, 0.25) is 0 Å². The molecule has 1 saturated heterocycles. The van der Waals surface area contributed by atoms with Crippen molar-refractivity contribution in [2.45, 2.75) is 18.6 Å². The lowest BCUT2D eigenvalue weighted by Crippen LogP contribution is -2.26.